The number of hydrogen-bond donors (Lipinski definition) is 0. The van der Waals surface area contributed by atoms with Gasteiger partial charge in [0.15, 0.2) is 15.6 Å². The number of nitrogens with zero attached hydrogens (tertiary/aromatic N) is 2. The van der Waals surface area contributed by atoms with Gasteiger partial charge in [-0.2, -0.15) is 0 Å². The molecule has 2 atom stereocenters. The largest absolute Gasteiger partial charge is 0.373 e. The molecule has 2 aliphatic heterocycles. The Kier molecular flexibility index (Phi) is 4.45. The second kappa shape index (κ2) is 6.37. The summed E-state index contributed by atoms with van der Waals surface area (Å²) in [6, 6.07) is 2.91. The number of carbonyl (C=O) groups is 2. The van der Waals surface area contributed by atoms with Gasteiger partial charge in [0.1, 0.15) is 0 Å². The predicted octanol–water partition coefficient (Wildman–Crippen LogP) is 0.0689. The maximum atomic E-state index is 12.4. The molecule has 7 nitrogen and oxygen atoms in total. The van der Waals surface area contributed by atoms with Crippen LogP contribution < -0.4 is 0 Å². The molecule has 2 saturated heterocycles. The van der Waals surface area contributed by atoms with Crippen molar-refractivity contribution >= 4 is 21.5 Å². The molecule has 23 heavy (non-hydrogen) atoms. The second-order valence-electron chi connectivity index (χ2n) is 5.81. The monoisotopic (exact) mass is 338 g/mol. The lowest BCUT2D eigenvalue weighted by Crippen LogP contribution is -2.53. The number of aromatic nitrogens is 1. The fourth-order valence-corrected chi connectivity index (χ4v) is 4.93. The molecule has 0 radical (unpaired) electrons. The maximum Gasteiger partial charge on any atom is 0.223 e. The van der Waals surface area contributed by atoms with E-state index in [0.717, 1.165) is 0 Å². The normalized spacial score (nSPS) is 25.8. The number of carbonyl (C=O) groups excluding carboxylic acids is 2. The van der Waals surface area contributed by atoms with Gasteiger partial charge in [-0.05, 0) is 12.1 Å². The summed E-state index contributed by atoms with van der Waals surface area (Å²) in [6.45, 7) is 0.704. The number of sulfone groups is 1. The Labute approximate surface area is 134 Å². The zero-order chi connectivity index (χ0) is 16.4. The van der Waals surface area contributed by atoms with E-state index in [0.29, 0.717) is 18.7 Å². The van der Waals surface area contributed by atoms with Crippen LogP contribution in [-0.2, 0) is 19.4 Å². The first-order valence-corrected chi connectivity index (χ1v) is 9.33. The predicted molar refractivity (Wildman–Crippen MR) is 81.7 cm³/mol. The number of Topliss-reactive ketones (excluding diaryl/α,β-unsaturated/α-hetero) is 1. The van der Waals surface area contributed by atoms with Crippen LogP contribution in [0.2, 0.25) is 0 Å². The summed E-state index contributed by atoms with van der Waals surface area (Å²) < 4.78 is 28.9. The van der Waals surface area contributed by atoms with E-state index >= 15 is 0 Å². The SMILES string of the molecule is O=C(CCC(=O)N1CCOC2CS(=O)(=O)CC21)c1cccnc1. The summed E-state index contributed by atoms with van der Waals surface area (Å²) in [5, 5.41) is 0. The number of pyridine rings is 1. The number of morpholine rings is 1. The molecule has 1 aromatic rings. The van der Waals surface area contributed by atoms with E-state index in [4.69, 9.17) is 4.74 Å². The summed E-state index contributed by atoms with van der Waals surface area (Å²) >= 11 is 0. The number of ketones is 1. The molecule has 124 valence electrons. The minimum Gasteiger partial charge on any atom is -0.373 e. The summed E-state index contributed by atoms with van der Waals surface area (Å²) in [5.74, 6) is -0.427. The molecular weight excluding hydrogens is 320 g/mol. The zero-order valence-corrected chi connectivity index (χ0v) is 13.4. The van der Waals surface area contributed by atoms with E-state index in [1.54, 1.807) is 23.2 Å². The summed E-state index contributed by atoms with van der Waals surface area (Å²) in [5.41, 5.74) is 0.476. The second-order valence-corrected chi connectivity index (χ2v) is 7.96. The van der Waals surface area contributed by atoms with Crippen molar-refractivity contribution < 1.29 is 22.7 Å². The van der Waals surface area contributed by atoms with Crippen molar-refractivity contribution in [1.29, 1.82) is 0 Å². The number of hydrogen-bond acceptors (Lipinski definition) is 6. The molecule has 0 aromatic carbocycles. The van der Waals surface area contributed by atoms with Crippen LogP contribution in [0, 0.1) is 0 Å². The maximum absolute atomic E-state index is 12.4. The Bertz CT molecular complexity index is 704. The fourth-order valence-electron chi connectivity index (χ4n) is 3.06. The molecule has 0 spiro atoms. The Morgan fingerprint density at radius 3 is 2.87 bits per heavy atom. The van der Waals surface area contributed by atoms with Crippen LogP contribution in [0.25, 0.3) is 0 Å². The Balaban J connectivity index is 1.61. The molecule has 1 amide bonds. The molecule has 2 aliphatic rings. The van der Waals surface area contributed by atoms with Gasteiger partial charge in [0, 0.05) is 37.3 Å². The number of ether oxygens (including phenoxy) is 1. The molecule has 0 aliphatic carbocycles. The van der Waals surface area contributed by atoms with Crippen LogP contribution in [0.3, 0.4) is 0 Å². The van der Waals surface area contributed by atoms with E-state index in [9.17, 15) is 18.0 Å². The minimum absolute atomic E-state index is 0.0317. The molecule has 2 unspecified atom stereocenters. The molecule has 0 bridgehead atoms. The minimum atomic E-state index is -3.16. The van der Waals surface area contributed by atoms with Gasteiger partial charge in [-0.3, -0.25) is 14.6 Å². The van der Waals surface area contributed by atoms with Crippen molar-refractivity contribution in [1.82, 2.24) is 9.88 Å². The first-order chi connectivity index (χ1) is 11.0. The lowest BCUT2D eigenvalue weighted by molar-refractivity contribution is -0.142. The average molecular weight is 338 g/mol. The van der Waals surface area contributed by atoms with Crippen molar-refractivity contribution in [3.63, 3.8) is 0 Å². The number of rotatable bonds is 4. The van der Waals surface area contributed by atoms with E-state index in [1.807, 2.05) is 0 Å². The van der Waals surface area contributed by atoms with Gasteiger partial charge in [-0.1, -0.05) is 0 Å². The molecule has 3 heterocycles. The van der Waals surface area contributed by atoms with Crippen LogP contribution >= 0.6 is 0 Å². The highest BCUT2D eigenvalue weighted by Crippen LogP contribution is 2.25. The highest BCUT2D eigenvalue weighted by atomic mass is 32.2. The van der Waals surface area contributed by atoms with Crippen molar-refractivity contribution in [3.05, 3.63) is 30.1 Å². The van der Waals surface area contributed by atoms with Gasteiger partial charge in [-0.25, -0.2) is 8.42 Å². The highest BCUT2D eigenvalue weighted by Gasteiger charge is 2.45. The standard InChI is InChI=1S/C15H18N2O5S/c18-13(11-2-1-5-16-8-11)3-4-15(19)17-6-7-22-14-10-23(20,21)9-12(14)17/h1-2,5,8,12,14H,3-4,6-7,9-10H2. The molecule has 2 fully saturated rings. The first-order valence-electron chi connectivity index (χ1n) is 7.51. The average Bonchev–Trinajstić information content (AvgIpc) is 2.86. The molecule has 1 aromatic heterocycles. The quantitative estimate of drug-likeness (QED) is 0.721. The number of fused-ring (bicyclic) bond motifs is 1. The molecule has 0 N–H and O–H groups in total. The molecule has 3 rings (SSSR count). The molecule has 8 heteroatoms. The summed E-state index contributed by atoms with van der Waals surface area (Å²) in [7, 11) is -3.16. The smallest absolute Gasteiger partial charge is 0.223 e. The Hall–Kier alpha value is -1.80. The van der Waals surface area contributed by atoms with Crippen molar-refractivity contribution in [3.8, 4) is 0 Å². The summed E-state index contributed by atoms with van der Waals surface area (Å²) in [6.07, 6.45) is 2.77. The topological polar surface area (TPSA) is 93.6 Å². The van der Waals surface area contributed by atoms with Crippen LogP contribution in [0.15, 0.2) is 24.5 Å². The van der Waals surface area contributed by atoms with E-state index < -0.39 is 22.0 Å². The van der Waals surface area contributed by atoms with E-state index in [-0.39, 0.29) is 36.0 Å². The lowest BCUT2D eigenvalue weighted by atomic mass is 10.1. The third kappa shape index (κ3) is 3.59. The van der Waals surface area contributed by atoms with Gasteiger partial charge < -0.3 is 9.64 Å². The van der Waals surface area contributed by atoms with Crippen molar-refractivity contribution in [2.75, 3.05) is 24.7 Å². The van der Waals surface area contributed by atoms with Gasteiger partial charge in [0.05, 0.1) is 30.3 Å². The Morgan fingerprint density at radius 2 is 2.13 bits per heavy atom. The highest BCUT2D eigenvalue weighted by molar-refractivity contribution is 7.91. The van der Waals surface area contributed by atoms with Gasteiger partial charge in [-0.15, -0.1) is 0 Å². The Morgan fingerprint density at radius 1 is 1.30 bits per heavy atom. The number of amides is 1. The molecular formula is C15H18N2O5S. The zero-order valence-electron chi connectivity index (χ0n) is 12.6. The first kappa shape index (κ1) is 16.1. The van der Waals surface area contributed by atoms with Crippen LogP contribution in [0.1, 0.15) is 23.2 Å². The van der Waals surface area contributed by atoms with Crippen LogP contribution in [-0.4, -0.2) is 66.8 Å². The van der Waals surface area contributed by atoms with Crippen molar-refractivity contribution in [2.24, 2.45) is 0 Å². The third-order valence-electron chi connectivity index (χ3n) is 4.21. The fraction of sp³-hybridized carbons (Fsp3) is 0.533. The van der Waals surface area contributed by atoms with Gasteiger partial charge in [0.2, 0.25) is 5.91 Å². The van der Waals surface area contributed by atoms with Gasteiger partial charge >= 0.3 is 0 Å². The van der Waals surface area contributed by atoms with Crippen molar-refractivity contribution in [2.45, 2.75) is 25.0 Å². The lowest BCUT2D eigenvalue weighted by Gasteiger charge is -2.36. The van der Waals surface area contributed by atoms with E-state index in [2.05, 4.69) is 4.98 Å². The molecule has 0 saturated carbocycles. The van der Waals surface area contributed by atoms with Crippen LogP contribution in [0.5, 0.6) is 0 Å². The van der Waals surface area contributed by atoms with Crippen LogP contribution in [0.4, 0.5) is 0 Å². The third-order valence-corrected chi connectivity index (χ3v) is 5.89. The van der Waals surface area contributed by atoms with Gasteiger partial charge in [0.25, 0.3) is 0 Å². The summed E-state index contributed by atoms with van der Waals surface area (Å²) in [4.78, 5) is 29.9. The van der Waals surface area contributed by atoms with E-state index in [1.165, 1.54) is 6.20 Å².